The molecule has 0 radical (unpaired) electrons. The molecule has 0 fully saturated rings. The Morgan fingerprint density at radius 2 is 1.82 bits per heavy atom. The SMILES string of the molecule is CC(N)=NCCCCOC(=O)C(C)(CO)COC(=O)OCc1ccc(C)cc1. The van der Waals surface area contributed by atoms with E-state index in [-0.39, 0.29) is 19.8 Å². The molecule has 0 heterocycles. The van der Waals surface area contributed by atoms with E-state index in [0.29, 0.717) is 18.8 Å². The predicted octanol–water partition coefficient (Wildman–Crippen LogP) is 2.35. The highest BCUT2D eigenvalue weighted by Crippen LogP contribution is 2.19. The molecule has 0 spiro atoms. The number of hydrogen-bond acceptors (Lipinski definition) is 7. The maximum Gasteiger partial charge on any atom is 0.508 e. The van der Waals surface area contributed by atoms with Gasteiger partial charge >= 0.3 is 12.1 Å². The van der Waals surface area contributed by atoms with E-state index in [0.717, 1.165) is 17.5 Å². The van der Waals surface area contributed by atoms with Crippen molar-refractivity contribution in [3.8, 4) is 0 Å². The largest absolute Gasteiger partial charge is 0.508 e. The number of ether oxygens (including phenoxy) is 3. The summed E-state index contributed by atoms with van der Waals surface area (Å²) in [6.45, 7) is 5.08. The molecule has 0 aromatic heterocycles. The fraction of sp³-hybridized carbons (Fsp3) is 0.550. The van der Waals surface area contributed by atoms with Crippen molar-refractivity contribution >= 4 is 18.0 Å². The molecule has 3 N–H and O–H groups in total. The Labute approximate surface area is 165 Å². The molecule has 0 aliphatic rings. The van der Waals surface area contributed by atoms with E-state index in [2.05, 4.69) is 4.99 Å². The quantitative estimate of drug-likeness (QED) is 0.256. The molecule has 8 nitrogen and oxygen atoms in total. The summed E-state index contributed by atoms with van der Waals surface area (Å²) in [5.74, 6) is -0.129. The first-order chi connectivity index (χ1) is 13.3. The second kappa shape index (κ2) is 12.0. The highest BCUT2D eigenvalue weighted by Gasteiger charge is 2.36. The lowest BCUT2D eigenvalue weighted by Crippen LogP contribution is -2.39. The zero-order valence-corrected chi connectivity index (χ0v) is 16.8. The number of hydrogen-bond donors (Lipinski definition) is 2. The van der Waals surface area contributed by atoms with Gasteiger partial charge < -0.3 is 25.1 Å². The van der Waals surface area contributed by atoms with Gasteiger partial charge in [0, 0.05) is 6.54 Å². The maximum absolute atomic E-state index is 12.2. The summed E-state index contributed by atoms with van der Waals surface area (Å²) in [5, 5.41) is 9.54. The van der Waals surface area contributed by atoms with E-state index < -0.39 is 24.1 Å². The molecule has 156 valence electrons. The number of aryl methyl sites for hydroxylation is 1. The minimum Gasteiger partial charge on any atom is -0.465 e. The van der Waals surface area contributed by atoms with Gasteiger partial charge in [0.2, 0.25) is 0 Å². The molecule has 0 saturated heterocycles. The summed E-state index contributed by atoms with van der Waals surface area (Å²) in [6, 6.07) is 7.51. The zero-order chi connectivity index (χ0) is 21.0. The summed E-state index contributed by atoms with van der Waals surface area (Å²) in [4.78, 5) is 28.0. The Morgan fingerprint density at radius 3 is 2.43 bits per heavy atom. The van der Waals surface area contributed by atoms with Crippen LogP contribution < -0.4 is 5.73 Å². The van der Waals surface area contributed by atoms with Crippen LogP contribution in [0.1, 0.15) is 37.8 Å². The first kappa shape index (κ1) is 23.4. The minimum atomic E-state index is -1.35. The molecular weight excluding hydrogens is 364 g/mol. The standard InChI is InChI=1S/C20H30N2O6/c1-15-6-8-17(9-7-15)12-27-19(25)28-14-20(3,13-23)18(24)26-11-5-4-10-22-16(2)21/h6-9,23H,4-5,10-14H2,1-3H3,(H2,21,22). The smallest absolute Gasteiger partial charge is 0.465 e. The first-order valence-corrected chi connectivity index (χ1v) is 9.16. The lowest BCUT2D eigenvalue weighted by molar-refractivity contribution is -0.160. The van der Waals surface area contributed by atoms with Gasteiger partial charge in [-0.05, 0) is 39.2 Å². The number of aliphatic hydroxyl groups is 1. The predicted molar refractivity (Wildman–Crippen MR) is 105 cm³/mol. The van der Waals surface area contributed by atoms with Crippen molar-refractivity contribution in [1.29, 1.82) is 0 Å². The van der Waals surface area contributed by atoms with Gasteiger partial charge in [-0.2, -0.15) is 0 Å². The molecule has 0 aliphatic heterocycles. The van der Waals surface area contributed by atoms with Crippen LogP contribution in [0.15, 0.2) is 29.3 Å². The van der Waals surface area contributed by atoms with Gasteiger partial charge in [-0.25, -0.2) is 4.79 Å². The van der Waals surface area contributed by atoms with Gasteiger partial charge in [0.1, 0.15) is 18.6 Å². The molecule has 0 saturated carbocycles. The van der Waals surface area contributed by atoms with Crippen LogP contribution in [0, 0.1) is 12.3 Å². The topological polar surface area (TPSA) is 120 Å². The Kier molecular flexibility index (Phi) is 10.0. The van der Waals surface area contributed by atoms with Crippen molar-refractivity contribution in [3.05, 3.63) is 35.4 Å². The number of carbonyl (C=O) groups excluding carboxylic acids is 2. The molecule has 0 aliphatic carbocycles. The molecule has 28 heavy (non-hydrogen) atoms. The lowest BCUT2D eigenvalue weighted by Gasteiger charge is -2.24. The fourth-order valence-electron chi connectivity index (χ4n) is 2.06. The molecule has 1 unspecified atom stereocenters. The number of aliphatic imine (C=N–C) groups is 1. The van der Waals surface area contributed by atoms with E-state index in [9.17, 15) is 14.7 Å². The van der Waals surface area contributed by atoms with Gasteiger partial charge in [0.15, 0.2) is 0 Å². The van der Waals surface area contributed by atoms with E-state index in [4.69, 9.17) is 19.9 Å². The number of nitrogens with two attached hydrogens (primary N) is 1. The summed E-state index contributed by atoms with van der Waals surface area (Å²) in [7, 11) is 0. The number of esters is 1. The van der Waals surface area contributed by atoms with Crippen molar-refractivity contribution in [2.24, 2.45) is 16.1 Å². The number of nitrogens with zero attached hydrogens (tertiary/aromatic N) is 1. The number of carbonyl (C=O) groups is 2. The van der Waals surface area contributed by atoms with Crippen LogP contribution in [0.4, 0.5) is 4.79 Å². The molecule has 0 amide bonds. The van der Waals surface area contributed by atoms with Crippen molar-refractivity contribution in [2.45, 2.75) is 40.2 Å². The number of aliphatic hydroxyl groups excluding tert-OH is 1. The first-order valence-electron chi connectivity index (χ1n) is 9.16. The Morgan fingerprint density at radius 1 is 1.14 bits per heavy atom. The van der Waals surface area contributed by atoms with Gasteiger partial charge in [-0.15, -0.1) is 0 Å². The highest BCUT2D eigenvalue weighted by molar-refractivity contribution is 5.77. The van der Waals surface area contributed by atoms with Crippen molar-refractivity contribution in [2.75, 3.05) is 26.4 Å². The minimum absolute atomic E-state index is 0.0597. The molecule has 8 heteroatoms. The van der Waals surface area contributed by atoms with Crippen LogP contribution >= 0.6 is 0 Å². The van der Waals surface area contributed by atoms with E-state index in [1.165, 1.54) is 6.92 Å². The average molecular weight is 394 g/mol. The van der Waals surface area contributed by atoms with Gasteiger partial charge in [0.25, 0.3) is 0 Å². The van der Waals surface area contributed by atoms with Gasteiger partial charge in [0.05, 0.1) is 19.0 Å². The van der Waals surface area contributed by atoms with Gasteiger partial charge in [-0.3, -0.25) is 9.79 Å². The van der Waals surface area contributed by atoms with E-state index >= 15 is 0 Å². The third kappa shape index (κ3) is 8.85. The Hall–Kier alpha value is -2.61. The Balaban J connectivity index is 2.34. The zero-order valence-electron chi connectivity index (χ0n) is 16.8. The molecule has 1 aromatic rings. The maximum atomic E-state index is 12.2. The van der Waals surface area contributed by atoms with Crippen LogP contribution in [-0.4, -0.2) is 49.4 Å². The molecular formula is C20H30N2O6. The van der Waals surface area contributed by atoms with E-state index in [1.807, 2.05) is 31.2 Å². The number of amidine groups is 1. The summed E-state index contributed by atoms with van der Waals surface area (Å²) in [6.07, 6.45) is 0.422. The lowest BCUT2D eigenvalue weighted by atomic mass is 9.93. The molecule has 1 atom stereocenters. The third-order valence-electron chi connectivity index (χ3n) is 3.97. The van der Waals surface area contributed by atoms with Crippen molar-refractivity contribution in [3.63, 3.8) is 0 Å². The van der Waals surface area contributed by atoms with Crippen LogP contribution in [0.2, 0.25) is 0 Å². The van der Waals surface area contributed by atoms with Crippen LogP contribution in [0.5, 0.6) is 0 Å². The van der Waals surface area contributed by atoms with Crippen molar-refractivity contribution < 1.29 is 28.9 Å². The van der Waals surface area contributed by atoms with Gasteiger partial charge in [-0.1, -0.05) is 29.8 Å². The van der Waals surface area contributed by atoms with Crippen LogP contribution in [-0.2, 0) is 25.6 Å². The van der Waals surface area contributed by atoms with E-state index in [1.54, 1.807) is 6.92 Å². The number of benzene rings is 1. The summed E-state index contributed by atoms with van der Waals surface area (Å²) in [5.41, 5.74) is 6.00. The summed E-state index contributed by atoms with van der Waals surface area (Å²) >= 11 is 0. The third-order valence-corrected chi connectivity index (χ3v) is 3.97. The second-order valence-corrected chi connectivity index (χ2v) is 6.90. The average Bonchev–Trinajstić information content (AvgIpc) is 2.67. The van der Waals surface area contributed by atoms with Crippen LogP contribution in [0.25, 0.3) is 0 Å². The molecule has 1 aromatic carbocycles. The second-order valence-electron chi connectivity index (χ2n) is 6.90. The highest BCUT2D eigenvalue weighted by atomic mass is 16.7. The van der Waals surface area contributed by atoms with Crippen molar-refractivity contribution in [1.82, 2.24) is 0 Å². The monoisotopic (exact) mass is 394 g/mol. The number of unbranched alkanes of at least 4 members (excludes halogenated alkanes) is 1. The molecule has 1 rings (SSSR count). The normalized spacial score (nSPS) is 13.5. The Bertz CT molecular complexity index is 655. The van der Waals surface area contributed by atoms with Crippen LogP contribution in [0.3, 0.4) is 0 Å². The number of rotatable bonds is 11. The molecule has 0 bridgehead atoms. The summed E-state index contributed by atoms with van der Waals surface area (Å²) < 4.78 is 15.2. The fourth-order valence-corrected chi connectivity index (χ4v) is 2.06.